The number of hydrogen-bond donors (Lipinski definition) is 1. The van der Waals surface area contributed by atoms with E-state index >= 15 is 0 Å². The maximum absolute atomic E-state index is 11.8. The molecule has 1 rings (SSSR count). The summed E-state index contributed by atoms with van der Waals surface area (Å²) in [4.78, 5) is 11.8. The van der Waals surface area contributed by atoms with Crippen molar-refractivity contribution in [1.29, 1.82) is 0 Å². The van der Waals surface area contributed by atoms with Gasteiger partial charge in [-0.05, 0) is 31.0 Å². The van der Waals surface area contributed by atoms with Crippen LogP contribution in [0.1, 0.15) is 41.5 Å². The van der Waals surface area contributed by atoms with Crippen LogP contribution in [0.15, 0.2) is 0 Å². The fourth-order valence-electron chi connectivity index (χ4n) is 2.97. The standard InChI is InChI=1S/C14H29NO2Si/c1-7-18(8-2,9-3)17-11(6)12-13(10(4)5)15-14(12)16/h10-13H,7-9H2,1-6H3,(H,15,16)/t11?,12-,13-/m1/s1. The Morgan fingerprint density at radius 3 is 2.00 bits per heavy atom. The average molecular weight is 271 g/mol. The predicted molar refractivity (Wildman–Crippen MR) is 78.0 cm³/mol. The summed E-state index contributed by atoms with van der Waals surface area (Å²) in [6.07, 6.45) is 0.0673. The summed E-state index contributed by atoms with van der Waals surface area (Å²) in [6, 6.07) is 3.73. The van der Waals surface area contributed by atoms with E-state index in [1.165, 1.54) is 0 Å². The zero-order valence-electron chi connectivity index (χ0n) is 12.7. The summed E-state index contributed by atoms with van der Waals surface area (Å²) < 4.78 is 6.42. The Hall–Kier alpha value is -0.353. The molecule has 3 nitrogen and oxygen atoms in total. The van der Waals surface area contributed by atoms with Crippen LogP contribution in [0.5, 0.6) is 0 Å². The summed E-state index contributed by atoms with van der Waals surface area (Å²) >= 11 is 0. The second-order valence-corrected chi connectivity index (χ2v) is 10.6. The molecule has 3 atom stereocenters. The topological polar surface area (TPSA) is 38.3 Å². The van der Waals surface area contributed by atoms with Gasteiger partial charge in [-0.2, -0.15) is 0 Å². The summed E-state index contributed by atoms with van der Waals surface area (Å²) in [5, 5.41) is 3.01. The maximum Gasteiger partial charge on any atom is 0.228 e. The molecule has 0 aromatic heterocycles. The summed E-state index contributed by atoms with van der Waals surface area (Å²) in [5.74, 6) is 0.716. The first-order valence-electron chi connectivity index (χ1n) is 7.39. The SMILES string of the molecule is CC[Si](CC)(CC)OC(C)[C@H]1C(=O)N[C@@H]1C(C)C. The van der Waals surface area contributed by atoms with Crippen molar-refractivity contribution in [2.75, 3.05) is 0 Å². The van der Waals surface area contributed by atoms with Crippen molar-refractivity contribution in [3.8, 4) is 0 Å². The predicted octanol–water partition coefficient (Wildman–Crippen LogP) is 3.17. The van der Waals surface area contributed by atoms with Crippen LogP contribution in [-0.4, -0.2) is 26.4 Å². The second kappa shape index (κ2) is 6.20. The van der Waals surface area contributed by atoms with Gasteiger partial charge in [-0.3, -0.25) is 4.79 Å². The third kappa shape index (κ3) is 2.97. The van der Waals surface area contributed by atoms with Crippen LogP contribution in [0.2, 0.25) is 18.1 Å². The zero-order chi connectivity index (χ0) is 13.9. The van der Waals surface area contributed by atoms with Crippen molar-refractivity contribution in [1.82, 2.24) is 5.32 Å². The van der Waals surface area contributed by atoms with Crippen molar-refractivity contribution in [2.45, 2.75) is 71.8 Å². The summed E-state index contributed by atoms with van der Waals surface area (Å²) in [7, 11) is -1.60. The number of β-lactam (4-membered cyclic amide) rings is 1. The van der Waals surface area contributed by atoms with Gasteiger partial charge in [-0.1, -0.05) is 34.6 Å². The molecule has 1 heterocycles. The number of carbonyl (C=O) groups is 1. The molecule has 0 saturated carbocycles. The van der Waals surface area contributed by atoms with E-state index < -0.39 is 8.32 Å². The Morgan fingerprint density at radius 2 is 1.67 bits per heavy atom. The Bertz CT molecular complexity index is 281. The molecule has 1 unspecified atom stereocenters. The van der Waals surface area contributed by atoms with Gasteiger partial charge in [0.05, 0.1) is 12.0 Å². The zero-order valence-corrected chi connectivity index (χ0v) is 13.7. The molecule has 18 heavy (non-hydrogen) atoms. The van der Waals surface area contributed by atoms with Gasteiger partial charge in [0.15, 0.2) is 8.32 Å². The molecule has 0 aliphatic carbocycles. The highest BCUT2D eigenvalue weighted by atomic mass is 28.4. The van der Waals surface area contributed by atoms with E-state index in [-0.39, 0.29) is 17.9 Å². The molecule has 1 amide bonds. The van der Waals surface area contributed by atoms with Crippen LogP contribution in [0.3, 0.4) is 0 Å². The largest absolute Gasteiger partial charge is 0.413 e. The van der Waals surface area contributed by atoms with E-state index in [4.69, 9.17) is 4.43 Å². The number of amides is 1. The quantitative estimate of drug-likeness (QED) is 0.570. The van der Waals surface area contributed by atoms with Crippen molar-refractivity contribution < 1.29 is 9.22 Å². The van der Waals surface area contributed by atoms with Gasteiger partial charge < -0.3 is 9.74 Å². The van der Waals surface area contributed by atoms with Crippen LogP contribution in [0.4, 0.5) is 0 Å². The summed E-state index contributed by atoms with van der Waals surface area (Å²) in [6.45, 7) is 13.1. The monoisotopic (exact) mass is 271 g/mol. The first-order chi connectivity index (χ1) is 8.40. The molecule has 0 bridgehead atoms. The van der Waals surface area contributed by atoms with Crippen LogP contribution in [-0.2, 0) is 9.22 Å². The fourth-order valence-corrected chi connectivity index (χ4v) is 5.91. The molecule has 1 N–H and O–H groups in total. The molecule has 106 valence electrons. The van der Waals surface area contributed by atoms with Gasteiger partial charge in [0.2, 0.25) is 5.91 Å². The average Bonchev–Trinajstić information content (AvgIpc) is 2.32. The van der Waals surface area contributed by atoms with E-state index in [1.54, 1.807) is 0 Å². The Labute approximate surface area is 113 Å². The van der Waals surface area contributed by atoms with Gasteiger partial charge in [0.25, 0.3) is 0 Å². The fraction of sp³-hybridized carbons (Fsp3) is 0.929. The first kappa shape index (κ1) is 15.7. The lowest BCUT2D eigenvalue weighted by atomic mass is 9.80. The van der Waals surface area contributed by atoms with Crippen molar-refractivity contribution in [2.24, 2.45) is 11.8 Å². The molecule has 1 saturated heterocycles. The number of nitrogens with one attached hydrogen (secondary N) is 1. The highest BCUT2D eigenvalue weighted by Gasteiger charge is 2.46. The minimum absolute atomic E-state index is 0.0570. The smallest absolute Gasteiger partial charge is 0.228 e. The maximum atomic E-state index is 11.8. The second-order valence-electron chi connectivity index (χ2n) is 5.87. The lowest BCUT2D eigenvalue weighted by Crippen LogP contribution is -2.65. The van der Waals surface area contributed by atoms with E-state index in [2.05, 4.69) is 46.9 Å². The Balaban J connectivity index is 2.69. The van der Waals surface area contributed by atoms with Crippen LogP contribution in [0.25, 0.3) is 0 Å². The molecule has 1 aliphatic rings. The lowest BCUT2D eigenvalue weighted by Gasteiger charge is -2.45. The lowest BCUT2D eigenvalue weighted by molar-refractivity contribution is -0.141. The van der Waals surface area contributed by atoms with Gasteiger partial charge in [0, 0.05) is 6.04 Å². The normalized spacial score (nSPS) is 25.8. The number of rotatable bonds is 7. The molecule has 4 heteroatoms. The highest BCUT2D eigenvalue weighted by Crippen LogP contribution is 2.31. The number of carbonyl (C=O) groups excluding carboxylic acids is 1. The van der Waals surface area contributed by atoms with E-state index in [0.29, 0.717) is 12.0 Å². The molecule has 1 fully saturated rings. The Morgan fingerprint density at radius 1 is 1.17 bits per heavy atom. The molecule has 0 aromatic rings. The molecular weight excluding hydrogens is 242 g/mol. The van der Waals surface area contributed by atoms with Crippen molar-refractivity contribution >= 4 is 14.2 Å². The van der Waals surface area contributed by atoms with Gasteiger partial charge in [-0.15, -0.1) is 0 Å². The highest BCUT2D eigenvalue weighted by molar-refractivity contribution is 6.73. The van der Waals surface area contributed by atoms with Crippen molar-refractivity contribution in [3.05, 3.63) is 0 Å². The van der Waals surface area contributed by atoms with Crippen LogP contribution in [0, 0.1) is 11.8 Å². The minimum Gasteiger partial charge on any atom is -0.413 e. The third-order valence-electron chi connectivity index (χ3n) is 4.59. The van der Waals surface area contributed by atoms with E-state index in [9.17, 15) is 4.79 Å². The first-order valence-corrected chi connectivity index (χ1v) is 9.91. The molecular formula is C14H29NO2Si. The van der Waals surface area contributed by atoms with Gasteiger partial charge in [0.1, 0.15) is 0 Å². The molecule has 0 radical (unpaired) electrons. The molecule has 0 spiro atoms. The van der Waals surface area contributed by atoms with Gasteiger partial charge >= 0.3 is 0 Å². The van der Waals surface area contributed by atoms with E-state index in [0.717, 1.165) is 18.1 Å². The van der Waals surface area contributed by atoms with Crippen LogP contribution >= 0.6 is 0 Å². The number of hydrogen-bond acceptors (Lipinski definition) is 2. The molecule has 0 aromatic carbocycles. The minimum atomic E-state index is -1.60. The van der Waals surface area contributed by atoms with Gasteiger partial charge in [-0.25, -0.2) is 0 Å². The third-order valence-corrected chi connectivity index (χ3v) is 9.33. The van der Waals surface area contributed by atoms with E-state index in [1.807, 2.05) is 0 Å². The Kier molecular flexibility index (Phi) is 5.41. The van der Waals surface area contributed by atoms with Crippen molar-refractivity contribution in [3.63, 3.8) is 0 Å². The van der Waals surface area contributed by atoms with Crippen LogP contribution < -0.4 is 5.32 Å². The molecule has 1 aliphatic heterocycles. The summed E-state index contributed by atoms with van der Waals surface area (Å²) in [5.41, 5.74) is 0.